The lowest BCUT2D eigenvalue weighted by Gasteiger charge is -1.94. The molecule has 58 valence electrons. The van der Waals surface area contributed by atoms with Crippen LogP contribution in [-0.2, 0) is 0 Å². The van der Waals surface area contributed by atoms with Crippen molar-refractivity contribution >= 4 is 5.69 Å². The first-order valence-corrected chi connectivity index (χ1v) is 3.19. The lowest BCUT2D eigenvalue weighted by molar-refractivity contribution is 0.624. The molecule has 0 bridgehead atoms. The molecule has 0 aliphatic carbocycles. The second kappa shape index (κ2) is 3.41. The van der Waals surface area contributed by atoms with Crippen LogP contribution in [-0.4, -0.2) is 0 Å². The topological polar surface area (TPSA) is 49.8 Å². The molecular weight excluding hydrogens is 155 g/mol. The van der Waals surface area contributed by atoms with Gasteiger partial charge in [-0.2, -0.15) is 5.26 Å². The third-order valence-corrected chi connectivity index (χ3v) is 1.24. The molecule has 0 heterocycles. The minimum atomic E-state index is -0.466. The van der Waals surface area contributed by atoms with E-state index in [0.717, 1.165) is 0 Å². The van der Waals surface area contributed by atoms with E-state index in [-0.39, 0.29) is 5.56 Å². The van der Waals surface area contributed by atoms with Crippen molar-refractivity contribution in [3.05, 3.63) is 29.6 Å². The van der Waals surface area contributed by atoms with Crippen molar-refractivity contribution in [2.75, 3.05) is 5.73 Å². The van der Waals surface area contributed by atoms with Crippen molar-refractivity contribution in [1.29, 1.82) is 5.26 Å². The van der Waals surface area contributed by atoms with Crippen molar-refractivity contribution in [3.63, 3.8) is 0 Å². The highest BCUT2D eigenvalue weighted by Crippen LogP contribution is 2.10. The second-order valence-electron chi connectivity index (χ2n) is 2.10. The van der Waals surface area contributed by atoms with Crippen molar-refractivity contribution in [3.8, 4) is 17.9 Å². The van der Waals surface area contributed by atoms with Crippen molar-refractivity contribution < 1.29 is 4.39 Å². The van der Waals surface area contributed by atoms with Gasteiger partial charge in [0.1, 0.15) is 5.82 Å². The third-order valence-electron chi connectivity index (χ3n) is 1.24. The van der Waals surface area contributed by atoms with Crippen molar-refractivity contribution in [2.45, 2.75) is 0 Å². The molecule has 3 heteroatoms. The Morgan fingerprint density at radius 3 is 2.83 bits per heavy atom. The Morgan fingerprint density at radius 2 is 2.17 bits per heavy atom. The number of anilines is 1. The predicted molar refractivity (Wildman–Crippen MR) is 43.3 cm³/mol. The van der Waals surface area contributed by atoms with Gasteiger partial charge in [-0.15, -0.1) is 0 Å². The van der Waals surface area contributed by atoms with Crippen LogP contribution in [0.25, 0.3) is 0 Å². The summed E-state index contributed by atoms with van der Waals surface area (Å²) in [6.45, 7) is 0. The standard InChI is InChI=1S/C9H5FN2/c10-9-4-3-8(12)6-7(9)2-1-5-11/h3-4,6H,12H2. The fraction of sp³-hybridized carbons (Fsp3) is 0. The van der Waals surface area contributed by atoms with E-state index in [4.69, 9.17) is 11.0 Å². The molecule has 2 N–H and O–H groups in total. The Labute approximate surface area is 69.4 Å². The monoisotopic (exact) mass is 160 g/mol. The van der Waals surface area contributed by atoms with E-state index in [2.05, 4.69) is 11.8 Å². The van der Waals surface area contributed by atoms with E-state index in [1.807, 2.05) is 0 Å². The molecule has 0 atom stereocenters. The Bertz CT molecular complexity index is 393. The van der Waals surface area contributed by atoms with Gasteiger partial charge in [-0.1, -0.05) is 0 Å². The Balaban J connectivity index is 3.16. The van der Waals surface area contributed by atoms with Crippen LogP contribution in [0, 0.1) is 29.0 Å². The molecule has 1 aromatic carbocycles. The summed E-state index contributed by atoms with van der Waals surface area (Å²) in [5.74, 6) is 3.96. The molecule has 0 unspecified atom stereocenters. The molecule has 1 rings (SSSR count). The maximum atomic E-state index is 12.8. The Morgan fingerprint density at radius 1 is 1.42 bits per heavy atom. The van der Waals surface area contributed by atoms with Gasteiger partial charge in [-0.3, -0.25) is 0 Å². The lowest BCUT2D eigenvalue weighted by Crippen LogP contribution is -1.88. The number of nitrogen functional groups attached to an aromatic ring is 1. The van der Waals surface area contributed by atoms with Crippen LogP contribution in [0.5, 0.6) is 0 Å². The van der Waals surface area contributed by atoms with E-state index in [0.29, 0.717) is 5.69 Å². The molecule has 0 saturated heterocycles. The van der Waals surface area contributed by atoms with Crippen LogP contribution < -0.4 is 5.73 Å². The maximum Gasteiger partial charge on any atom is 0.152 e. The Kier molecular flexibility index (Phi) is 2.30. The van der Waals surface area contributed by atoms with Gasteiger partial charge in [0.2, 0.25) is 0 Å². The highest BCUT2D eigenvalue weighted by Gasteiger charge is 1.97. The van der Waals surface area contributed by atoms with E-state index < -0.39 is 5.82 Å². The first kappa shape index (κ1) is 8.10. The number of nitrogens with zero attached hydrogens (tertiary/aromatic N) is 1. The van der Waals surface area contributed by atoms with E-state index >= 15 is 0 Å². The zero-order valence-corrected chi connectivity index (χ0v) is 6.13. The number of nitriles is 1. The quantitative estimate of drug-likeness (QED) is 0.459. The molecule has 0 aromatic heterocycles. The van der Waals surface area contributed by atoms with E-state index in [1.54, 1.807) is 6.07 Å². The summed E-state index contributed by atoms with van der Waals surface area (Å²) in [6.07, 6.45) is 0. The lowest BCUT2D eigenvalue weighted by atomic mass is 10.2. The zero-order valence-electron chi connectivity index (χ0n) is 6.13. The summed E-state index contributed by atoms with van der Waals surface area (Å²) in [6, 6.07) is 5.64. The molecule has 0 amide bonds. The number of hydrogen-bond acceptors (Lipinski definition) is 2. The fourth-order valence-electron chi connectivity index (χ4n) is 0.734. The van der Waals surface area contributed by atoms with Gasteiger partial charge in [0, 0.05) is 11.6 Å². The fourth-order valence-corrected chi connectivity index (χ4v) is 0.734. The van der Waals surface area contributed by atoms with Crippen LogP contribution in [0.1, 0.15) is 5.56 Å². The van der Waals surface area contributed by atoms with Crippen LogP contribution in [0.4, 0.5) is 10.1 Å². The summed E-state index contributed by atoms with van der Waals surface area (Å²) >= 11 is 0. The molecule has 1 aromatic rings. The van der Waals surface area contributed by atoms with Crippen LogP contribution >= 0.6 is 0 Å². The van der Waals surface area contributed by atoms with E-state index in [1.165, 1.54) is 18.2 Å². The molecule has 0 spiro atoms. The van der Waals surface area contributed by atoms with Gasteiger partial charge in [0.25, 0.3) is 0 Å². The number of benzene rings is 1. The second-order valence-corrected chi connectivity index (χ2v) is 2.10. The molecule has 2 nitrogen and oxygen atoms in total. The highest BCUT2D eigenvalue weighted by molar-refractivity contribution is 5.48. The molecular formula is C9H5FN2. The van der Waals surface area contributed by atoms with Crippen molar-refractivity contribution in [2.24, 2.45) is 0 Å². The smallest absolute Gasteiger partial charge is 0.152 e. The average molecular weight is 160 g/mol. The first-order chi connectivity index (χ1) is 5.74. The summed E-state index contributed by atoms with van der Waals surface area (Å²) in [5.41, 5.74) is 5.96. The normalized spacial score (nSPS) is 8.00. The molecule has 12 heavy (non-hydrogen) atoms. The first-order valence-electron chi connectivity index (χ1n) is 3.19. The summed E-state index contributed by atoms with van der Waals surface area (Å²) in [4.78, 5) is 0. The number of halogens is 1. The van der Waals surface area contributed by atoms with Gasteiger partial charge in [0.05, 0.1) is 5.56 Å². The van der Waals surface area contributed by atoms with Gasteiger partial charge in [-0.25, -0.2) is 4.39 Å². The molecule has 0 radical (unpaired) electrons. The number of rotatable bonds is 0. The molecule has 0 saturated carbocycles. The molecule has 0 fully saturated rings. The van der Waals surface area contributed by atoms with Gasteiger partial charge >= 0.3 is 0 Å². The van der Waals surface area contributed by atoms with Gasteiger partial charge in [-0.05, 0) is 24.1 Å². The molecule has 0 aliphatic rings. The number of hydrogen-bond donors (Lipinski definition) is 1. The molecule has 0 aliphatic heterocycles. The van der Waals surface area contributed by atoms with Crippen molar-refractivity contribution in [1.82, 2.24) is 0 Å². The zero-order chi connectivity index (χ0) is 8.97. The average Bonchev–Trinajstić information content (AvgIpc) is 2.07. The predicted octanol–water partition coefficient (Wildman–Crippen LogP) is 1.28. The minimum Gasteiger partial charge on any atom is -0.399 e. The highest BCUT2D eigenvalue weighted by atomic mass is 19.1. The SMILES string of the molecule is N#CC#Cc1cc(N)ccc1F. The van der Waals surface area contributed by atoms with Crippen LogP contribution in [0.2, 0.25) is 0 Å². The van der Waals surface area contributed by atoms with Gasteiger partial charge < -0.3 is 5.73 Å². The largest absolute Gasteiger partial charge is 0.399 e. The van der Waals surface area contributed by atoms with Crippen LogP contribution in [0.15, 0.2) is 18.2 Å². The minimum absolute atomic E-state index is 0.150. The third kappa shape index (κ3) is 1.74. The summed E-state index contributed by atoms with van der Waals surface area (Å²) in [7, 11) is 0. The van der Waals surface area contributed by atoms with Gasteiger partial charge in [0.15, 0.2) is 6.07 Å². The van der Waals surface area contributed by atoms with E-state index in [9.17, 15) is 4.39 Å². The summed E-state index contributed by atoms with van der Waals surface area (Å²) in [5, 5.41) is 8.11. The Hall–Kier alpha value is -2.00. The van der Waals surface area contributed by atoms with Crippen LogP contribution in [0.3, 0.4) is 0 Å². The summed E-state index contributed by atoms with van der Waals surface area (Å²) < 4.78 is 12.8. The number of nitrogens with two attached hydrogens (primary N) is 1. The maximum absolute atomic E-state index is 12.8.